The summed E-state index contributed by atoms with van der Waals surface area (Å²) in [6.07, 6.45) is 8.73. The Balaban J connectivity index is 1.50. The van der Waals surface area contributed by atoms with Gasteiger partial charge in [-0.3, -0.25) is 9.63 Å². The summed E-state index contributed by atoms with van der Waals surface area (Å²) in [4.78, 5) is 17.1. The highest BCUT2D eigenvalue weighted by molar-refractivity contribution is 5.75. The van der Waals surface area contributed by atoms with E-state index in [2.05, 4.69) is 5.48 Å². The Morgan fingerprint density at radius 1 is 1.11 bits per heavy atom. The van der Waals surface area contributed by atoms with E-state index in [1.54, 1.807) is 7.11 Å². The monoisotopic (exact) mass is 267 g/mol. The van der Waals surface area contributed by atoms with Gasteiger partial charge in [0, 0.05) is 13.5 Å². The smallest absolute Gasteiger partial charge is 0.244 e. The molecule has 4 heteroatoms. The van der Waals surface area contributed by atoms with Gasteiger partial charge in [-0.25, -0.2) is 5.48 Å². The van der Waals surface area contributed by atoms with Crippen LogP contribution in [0.1, 0.15) is 44.9 Å². The fraction of sp³-hybridized carbons (Fsp3) is 0.933. The Kier molecular flexibility index (Phi) is 3.81. The molecule has 0 heterocycles. The maximum atomic E-state index is 12.0. The predicted octanol–water partition coefficient (Wildman–Crippen LogP) is 2.29. The molecular formula is C15H25NO3. The molecule has 0 radical (unpaired) electrons. The van der Waals surface area contributed by atoms with E-state index in [9.17, 15) is 4.79 Å². The van der Waals surface area contributed by atoms with Crippen molar-refractivity contribution in [1.29, 1.82) is 0 Å². The van der Waals surface area contributed by atoms with Crippen molar-refractivity contribution in [1.82, 2.24) is 5.48 Å². The highest BCUT2D eigenvalue weighted by atomic mass is 16.7. The first-order valence-electron chi connectivity index (χ1n) is 7.59. The van der Waals surface area contributed by atoms with E-state index < -0.39 is 0 Å². The molecule has 4 fully saturated rings. The van der Waals surface area contributed by atoms with E-state index in [4.69, 9.17) is 9.57 Å². The molecule has 4 aliphatic carbocycles. The van der Waals surface area contributed by atoms with Gasteiger partial charge < -0.3 is 4.74 Å². The van der Waals surface area contributed by atoms with Crippen LogP contribution in [-0.2, 0) is 14.4 Å². The van der Waals surface area contributed by atoms with Crippen molar-refractivity contribution >= 4 is 5.91 Å². The summed E-state index contributed by atoms with van der Waals surface area (Å²) in [7, 11) is 1.63. The number of rotatable bonds is 6. The summed E-state index contributed by atoms with van der Waals surface area (Å²) in [5, 5.41) is 0. The molecule has 0 saturated heterocycles. The molecule has 1 N–H and O–H groups in total. The zero-order valence-corrected chi connectivity index (χ0v) is 11.8. The average molecular weight is 267 g/mol. The largest absolute Gasteiger partial charge is 0.382 e. The molecule has 4 aliphatic rings. The quantitative estimate of drug-likeness (QED) is 0.593. The van der Waals surface area contributed by atoms with E-state index in [0.717, 1.165) is 17.8 Å². The number of hydrogen-bond donors (Lipinski definition) is 1. The van der Waals surface area contributed by atoms with Crippen LogP contribution in [-0.4, -0.2) is 26.2 Å². The van der Waals surface area contributed by atoms with Gasteiger partial charge in [-0.05, 0) is 61.7 Å². The molecule has 4 bridgehead atoms. The van der Waals surface area contributed by atoms with Crippen molar-refractivity contribution in [2.75, 3.05) is 20.3 Å². The van der Waals surface area contributed by atoms with Gasteiger partial charge in [0.15, 0.2) is 0 Å². The summed E-state index contributed by atoms with van der Waals surface area (Å²) in [6, 6.07) is 0. The fourth-order valence-electron chi connectivity index (χ4n) is 5.14. The van der Waals surface area contributed by atoms with Gasteiger partial charge in [0.25, 0.3) is 0 Å². The Labute approximate surface area is 115 Å². The van der Waals surface area contributed by atoms with E-state index in [1.807, 2.05) is 0 Å². The van der Waals surface area contributed by atoms with Crippen LogP contribution in [0.15, 0.2) is 0 Å². The fourth-order valence-corrected chi connectivity index (χ4v) is 5.14. The lowest BCUT2D eigenvalue weighted by atomic mass is 9.49. The third-order valence-electron chi connectivity index (χ3n) is 5.28. The third-order valence-corrected chi connectivity index (χ3v) is 5.28. The molecule has 4 nitrogen and oxygen atoms in total. The van der Waals surface area contributed by atoms with Gasteiger partial charge in [-0.1, -0.05) is 0 Å². The lowest BCUT2D eigenvalue weighted by molar-refractivity contribution is -0.142. The first-order valence-corrected chi connectivity index (χ1v) is 7.59. The molecule has 0 atom stereocenters. The summed E-state index contributed by atoms with van der Waals surface area (Å²) in [5.74, 6) is 2.74. The minimum atomic E-state index is 0.0538. The summed E-state index contributed by atoms with van der Waals surface area (Å²) >= 11 is 0. The van der Waals surface area contributed by atoms with Crippen molar-refractivity contribution in [2.45, 2.75) is 44.9 Å². The number of methoxy groups -OCH3 is 1. The molecule has 4 rings (SSSR count). The Morgan fingerprint density at radius 3 is 2.21 bits per heavy atom. The van der Waals surface area contributed by atoms with Crippen LogP contribution >= 0.6 is 0 Å². The highest BCUT2D eigenvalue weighted by Gasteiger charge is 2.51. The third kappa shape index (κ3) is 2.95. The summed E-state index contributed by atoms with van der Waals surface area (Å²) in [5.41, 5.74) is 2.87. The number of amides is 1. The van der Waals surface area contributed by atoms with Crippen molar-refractivity contribution in [3.63, 3.8) is 0 Å². The first kappa shape index (κ1) is 13.4. The molecule has 0 aliphatic heterocycles. The lowest BCUT2D eigenvalue weighted by Gasteiger charge is -2.56. The number of carbonyl (C=O) groups excluding carboxylic acids is 1. The number of hydrogen-bond acceptors (Lipinski definition) is 3. The Bertz CT molecular complexity index is 307. The molecule has 0 unspecified atom stereocenters. The number of ether oxygens (including phenoxy) is 1. The Hall–Kier alpha value is -0.610. The predicted molar refractivity (Wildman–Crippen MR) is 71.2 cm³/mol. The van der Waals surface area contributed by atoms with Crippen LogP contribution in [0.4, 0.5) is 0 Å². The van der Waals surface area contributed by atoms with E-state index in [-0.39, 0.29) is 5.91 Å². The molecule has 0 spiro atoms. The van der Waals surface area contributed by atoms with Gasteiger partial charge in [0.1, 0.15) is 0 Å². The topological polar surface area (TPSA) is 47.6 Å². The van der Waals surface area contributed by atoms with Crippen LogP contribution in [0.2, 0.25) is 0 Å². The van der Waals surface area contributed by atoms with Crippen LogP contribution in [0.5, 0.6) is 0 Å². The van der Waals surface area contributed by atoms with Crippen molar-refractivity contribution in [3.8, 4) is 0 Å². The number of nitrogens with one attached hydrogen (secondary N) is 1. The normalized spacial score (nSPS) is 39.5. The molecule has 4 saturated carbocycles. The summed E-state index contributed by atoms with van der Waals surface area (Å²) in [6.45, 7) is 0.931. The van der Waals surface area contributed by atoms with Crippen LogP contribution in [0.3, 0.4) is 0 Å². The molecule has 0 aromatic heterocycles. The van der Waals surface area contributed by atoms with Crippen LogP contribution < -0.4 is 5.48 Å². The van der Waals surface area contributed by atoms with Gasteiger partial charge in [-0.2, -0.15) is 0 Å². The van der Waals surface area contributed by atoms with Crippen molar-refractivity contribution < 1.29 is 14.4 Å². The van der Waals surface area contributed by atoms with Gasteiger partial charge in [0.2, 0.25) is 5.91 Å². The van der Waals surface area contributed by atoms with Gasteiger partial charge >= 0.3 is 0 Å². The molecule has 0 aromatic carbocycles. The molecule has 0 aromatic rings. The second-order valence-electron chi connectivity index (χ2n) is 6.96. The molecule has 108 valence electrons. The minimum absolute atomic E-state index is 0.0538. The maximum absolute atomic E-state index is 12.0. The molecule has 19 heavy (non-hydrogen) atoms. The standard InChI is InChI=1S/C15H25NO3/c1-18-2-3-19-16-14(17)10-15-7-11-4-12(8-15)6-13(5-11)9-15/h11-13H,2-10H2,1H3,(H,16,17). The zero-order chi connectivity index (χ0) is 13.3. The SMILES string of the molecule is COCCONC(=O)CC12CC3CC(CC(C3)C1)C2. The zero-order valence-electron chi connectivity index (χ0n) is 11.8. The second-order valence-corrected chi connectivity index (χ2v) is 6.96. The van der Waals surface area contributed by atoms with Gasteiger partial charge in [-0.15, -0.1) is 0 Å². The van der Waals surface area contributed by atoms with Crippen molar-refractivity contribution in [3.05, 3.63) is 0 Å². The van der Waals surface area contributed by atoms with E-state index in [0.29, 0.717) is 25.0 Å². The minimum Gasteiger partial charge on any atom is -0.382 e. The number of hydroxylamine groups is 1. The average Bonchev–Trinajstić information content (AvgIpc) is 2.32. The molecule has 1 amide bonds. The van der Waals surface area contributed by atoms with Crippen LogP contribution in [0, 0.1) is 23.2 Å². The maximum Gasteiger partial charge on any atom is 0.244 e. The van der Waals surface area contributed by atoms with E-state index >= 15 is 0 Å². The first-order chi connectivity index (χ1) is 9.19. The second kappa shape index (κ2) is 5.41. The number of carbonyl (C=O) groups is 1. The van der Waals surface area contributed by atoms with Crippen LogP contribution in [0.25, 0.3) is 0 Å². The molecular weight excluding hydrogens is 242 g/mol. The van der Waals surface area contributed by atoms with Crippen molar-refractivity contribution in [2.24, 2.45) is 23.2 Å². The van der Waals surface area contributed by atoms with Gasteiger partial charge in [0.05, 0.1) is 13.2 Å². The Morgan fingerprint density at radius 2 is 1.68 bits per heavy atom. The highest BCUT2D eigenvalue weighted by Crippen LogP contribution is 2.61. The summed E-state index contributed by atoms with van der Waals surface area (Å²) < 4.78 is 4.88. The van der Waals surface area contributed by atoms with E-state index in [1.165, 1.54) is 38.5 Å². The lowest BCUT2D eigenvalue weighted by Crippen LogP contribution is -2.48.